The van der Waals surface area contributed by atoms with Crippen LogP contribution in [0.25, 0.3) is 0 Å². The fourth-order valence-corrected chi connectivity index (χ4v) is 3.93. The highest BCUT2D eigenvalue weighted by atomic mass is 16.7. The van der Waals surface area contributed by atoms with Crippen LogP contribution in [-0.4, -0.2) is 54.4 Å². The standard InChI is InChI=1S/C19H29N3O4/c1-13-6-8-14(9-7-13)20-19(24)18-15-5-4-10-21(15)11-16(23)22(18)12-17(25-2)26-3/h4-5,10,13-14,17-18H,6-9,11-12H2,1-3H3,(H,20,24)/t13?,14?,18-/m0/s1. The Morgan fingerprint density at radius 3 is 2.62 bits per heavy atom. The highest BCUT2D eigenvalue weighted by Gasteiger charge is 2.39. The second kappa shape index (κ2) is 8.22. The van der Waals surface area contributed by atoms with Crippen molar-refractivity contribution in [2.75, 3.05) is 20.8 Å². The first kappa shape index (κ1) is 18.9. The average Bonchev–Trinajstić information content (AvgIpc) is 3.09. The topological polar surface area (TPSA) is 72.8 Å². The van der Waals surface area contributed by atoms with Crippen LogP contribution in [0.5, 0.6) is 0 Å². The van der Waals surface area contributed by atoms with Crippen LogP contribution in [0.1, 0.15) is 44.3 Å². The molecule has 3 rings (SSSR count). The van der Waals surface area contributed by atoms with Crippen molar-refractivity contribution in [2.24, 2.45) is 5.92 Å². The molecule has 1 aromatic rings. The van der Waals surface area contributed by atoms with Crippen LogP contribution in [0.3, 0.4) is 0 Å². The largest absolute Gasteiger partial charge is 0.354 e. The summed E-state index contributed by atoms with van der Waals surface area (Å²) < 4.78 is 12.4. The summed E-state index contributed by atoms with van der Waals surface area (Å²) in [5, 5.41) is 3.17. The second-order valence-corrected chi connectivity index (χ2v) is 7.38. The zero-order valence-electron chi connectivity index (χ0n) is 15.8. The van der Waals surface area contributed by atoms with E-state index in [1.54, 1.807) is 4.90 Å². The number of carbonyl (C=O) groups excluding carboxylic acids is 2. The lowest BCUT2D eigenvalue weighted by atomic mass is 9.87. The Labute approximate surface area is 154 Å². The van der Waals surface area contributed by atoms with Crippen molar-refractivity contribution in [3.05, 3.63) is 24.0 Å². The number of hydrogen-bond acceptors (Lipinski definition) is 4. The Morgan fingerprint density at radius 1 is 1.27 bits per heavy atom. The summed E-state index contributed by atoms with van der Waals surface area (Å²) in [6.07, 6.45) is 5.53. The van der Waals surface area contributed by atoms with Gasteiger partial charge in [-0.05, 0) is 43.7 Å². The van der Waals surface area contributed by atoms with Gasteiger partial charge in [-0.1, -0.05) is 6.92 Å². The van der Waals surface area contributed by atoms with E-state index in [1.165, 1.54) is 14.2 Å². The lowest BCUT2D eigenvalue weighted by molar-refractivity contribution is -0.157. The molecule has 2 aliphatic rings. The number of nitrogens with zero attached hydrogens (tertiary/aromatic N) is 2. The van der Waals surface area contributed by atoms with Gasteiger partial charge in [0.1, 0.15) is 6.54 Å². The molecule has 0 unspecified atom stereocenters. The van der Waals surface area contributed by atoms with Crippen molar-refractivity contribution in [3.63, 3.8) is 0 Å². The van der Waals surface area contributed by atoms with Gasteiger partial charge in [0, 0.05) is 26.5 Å². The lowest BCUT2D eigenvalue weighted by Crippen LogP contribution is -2.53. The predicted molar refractivity (Wildman–Crippen MR) is 96.3 cm³/mol. The van der Waals surface area contributed by atoms with Crippen LogP contribution in [0.15, 0.2) is 18.3 Å². The number of fused-ring (bicyclic) bond motifs is 1. The molecule has 1 aromatic heterocycles. The van der Waals surface area contributed by atoms with Gasteiger partial charge in [-0.15, -0.1) is 0 Å². The first-order chi connectivity index (χ1) is 12.5. The van der Waals surface area contributed by atoms with E-state index in [9.17, 15) is 9.59 Å². The van der Waals surface area contributed by atoms with Gasteiger partial charge in [0.25, 0.3) is 0 Å². The fraction of sp³-hybridized carbons (Fsp3) is 0.684. The maximum Gasteiger partial charge on any atom is 0.249 e. The maximum atomic E-state index is 13.1. The van der Waals surface area contributed by atoms with Gasteiger partial charge in [0.15, 0.2) is 12.3 Å². The molecule has 7 nitrogen and oxygen atoms in total. The molecule has 1 N–H and O–H groups in total. The summed E-state index contributed by atoms with van der Waals surface area (Å²) in [5.41, 5.74) is 0.831. The van der Waals surface area contributed by atoms with Gasteiger partial charge in [0.05, 0.1) is 12.2 Å². The lowest BCUT2D eigenvalue weighted by Gasteiger charge is -2.38. The normalized spacial score (nSPS) is 26.1. The highest BCUT2D eigenvalue weighted by Crippen LogP contribution is 2.29. The van der Waals surface area contributed by atoms with Gasteiger partial charge < -0.3 is 24.3 Å². The molecular weight excluding hydrogens is 334 g/mol. The smallest absolute Gasteiger partial charge is 0.249 e. The van der Waals surface area contributed by atoms with E-state index in [1.807, 2.05) is 22.9 Å². The minimum atomic E-state index is -0.654. The first-order valence-corrected chi connectivity index (χ1v) is 9.34. The Morgan fingerprint density at radius 2 is 1.96 bits per heavy atom. The molecule has 1 aliphatic carbocycles. The van der Waals surface area contributed by atoms with Crippen LogP contribution in [0.4, 0.5) is 0 Å². The number of amides is 2. The molecule has 1 aliphatic heterocycles. The van der Waals surface area contributed by atoms with Crippen molar-refractivity contribution < 1.29 is 19.1 Å². The number of nitrogens with one attached hydrogen (secondary N) is 1. The summed E-state index contributed by atoms with van der Waals surface area (Å²) in [7, 11) is 3.06. The fourth-order valence-electron chi connectivity index (χ4n) is 3.93. The monoisotopic (exact) mass is 363 g/mol. The van der Waals surface area contributed by atoms with Crippen LogP contribution >= 0.6 is 0 Å². The second-order valence-electron chi connectivity index (χ2n) is 7.38. The Hall–Kier alpha value is -1.86. The molecular formula is C19H29N3O4. The van der Waals surface area contributed by atoms with E-state index in [0.29, 0.717) is 0 Å². The highest BCUT2D eigenvalue weighted by molar-refractivity contribution is 5.90. The summed E-state index contributed by atoms with van der Waals surface area (Å²) in [5.74, 6) is 0.492. The summed E-state index contributed by atoms with van der Waals surface area (Å²) in [4.78, 5) is 27.4. The van der Waals surface area contributed by atoms with E-state index in [0.717, 1.165) is 37.3 Å². The Balaban J connectivity index is 1.79. The zero-order chi connectivity index (χ0) is 18.7. The molecule has 26 heavy (non-hydrogen) atoms. The zero-order valence-corrected chi connectivity index (χ0v) is 15.8. The molecule has 2 amide bonds. The molecule has 2 heterocycles. The van der Waals surface area contributed by atoms with Crippen LogP contribution in [0.2, 0.25) is 0 Å². The number of hydrogen-bond donors (Lipinski definition) is 1. The third-order valence-corrected chi connectivity index (χ3v) is 5.56. The van der Waals surface area contributed by atoms with Crippen LogP contribution in [-0.2, 0) is 25.6 Å². The van der Waals surface area contributed by atoms with Gasteiger partial charge in [-0.25, -0.2) is 0 Å². The molecule has 0 spiro atoms. The van der Waals surface area contributed by atoms with Crippen molar-refractivity contribution >= 4 is 11.8 Å². The molecule has 1 saturated carbocycles. The van der Waals surface area contributed by atoms with Gasteiger partial charge in [0.2, 0.25) is 11.8 Å². The molecule has 0 aromatic carbocycles. The third-order valence-electron chi connectivity index (χ3n) is 5.56. The molecule has 1 fully saturated rings. The van der Waals surface area contributed by atoms with Gasteiger partial charge in [-0.3, -0.25) is 9.59 Å². The minimum Gasteiger partial charge on any atom is -0.354 e. The molecule has 1 atom stereocenters. The van der Waals surface area contributed by atoms with E-state index in [-0.39, 0.29) is 30.9 Å². The van der Waals surface area contributed by atoms with Crippen LogP contribution in [0, 0.1) is 5.92 Å². The van der Waals surface area contributed by atoms with Crippen molar-refractivity contribution in [1.29, 1.82) is 0 Å². The van der Waals surface area contributed by atoms with E-state index in [2.05, 4.69) is 12.2 Å². The number of carbonyl (C=O) groups is 2. The average molecular weight is 363 g/mol. The van der Waals surface area contributed by atoms with Crippen molar-refractivity contribution in [2.45, 2.75) is 57.5 Å². The predicted octanol–water partition coefficient (Wildman–Crippen LogP) is 1.69. The summed E-state index contributed by atoms with van der Waals surface area (Å²) in [6, 6.07) is 3.31. The Bertz CT molecular complexity index is 632. The van der Waals surface area contributed by atoms with Crippen molar-refractivity contribution in [3.8, 4) is 0 Å². The molecule has 7 heteroatoms. The molecule has 144 valence electrons. The number of aromatic nitrogens is 1. The van der Waals surface area contributed by atoms with E-state index >= 15 is 0 Å². The molecule has 0 radical (unpaired) electrons. The van der Waals surface area contributed by atoms with E-state index in [4.69, 9.17) is 9.47 Å². The number of methoxy groups -OCH3 is 2. The molecule has 0 bridgehead atoms. The van der Waals surface area contributed by atoms with Gasteiger partial charge >= 0.3 is 0 Å². The molecule has 0 saturated heterocycles. The minimum absolute atomic E-state index is 0.106. The summed E-state index contributed by atoms with van der Waals surface area (Å²) in [6.45, 7) is 2.70. The van der Waals surface area contributed by atoms with Crippen molar-refractivity contribution in [1.82, 2.24) is 14.8 Å². The summed E-state index contributed by atoms with van der Waals surface area (Å²) >= 11 is 0. The van der Waals surface area contributed by atoms with E-state index < -0.39 is 12.3 Å². The maximum absolute atomic E-state index is 13.1. The van der Waals surface area contributed by atoms with Gasteiger partial charge in [-0.2, -0.15) is 0 Å². The quantitative estimate of drug-likeness (QED) is 0.781. The Kier molecular flexibility index (Phi) is 5.98. The third kappa shape index (κ3) is 3.94. The number of rotatable bonds is 6. The van der Waals surface area contributed by atoms with Crippen LogP contribution < -0.4 is 5.32 Å². The first-order valence-electron chi connectivity index (χ1n) is 9.34. The SMILES string of the molecule is COC(CN1C(=O)Cn2cccc2[C@H]1C(=O)NC1CCC(C)CC1)OC. The number of ether oxygens (including phenoxy) is 2.